The van der Waals surface area contributed by atoms with Crippen LogP contribution in [0.4, 0.5) is 5.69 Å². The molecular weight excluding hydrogens is 492 g/mol. The normalized spacial score (nSPS) is 18.7. The largest absolute Gasteiger partial charge is 0.491 e. The molecule has 0 radical (unpaired) electrons. The molecule has 196 valence electrons. The second-order valence-electron chi connectivity index (χ2n) is 9.73. The Balaban J connectivity index is 1.56. The van der Waals surface area contributed by atoms with E-state index in [0.29, 0.717) is 42.5 Å². The van der Waals surface area contributed by atoms with Crippen molar-refractivity contribution in [2.75, 3.05) is 37.7 Å². The molecule has 3 atom stereocenters. The summed E-state index contributed by atoms with van der Waals surface area (Å²) in [5, 5.41) is 21.4. The Bertz CT molecular complexity index is 1220. The highest BCUT2D eigenvalue weighted by atomic mass is 35.5. The Morgan fingerprint density at radius 3 is 2.65 bits per heavy atom. The molecular formula is C28H33ClN4O4. The van der Waals surface area contributed by atoms with Crippen LogP contribution in [0.2, 0.25) is 5.02 Å². The lowest BCUT2D eigenvalue weighted by molar-refractivity contribution is 0.00999. The molecule has 0 saturated carbocycles. The summed E-state index contributed by atoms with van der Waals surface area (Å²) in [7, 11) is 0. The SMILES string of the molecule is C[C@@H](O)COc1ccc(N2CCN(C[C@@](C)(O)c3cncc(C(N)=O)c3)C[C@H]2c2ccccc2)c(Cl)c1. The number of rotatable bonds is 9. The number of pyridine rings is 1. The number of amides is 1. The Morgan fingerprint density at radius 2 is 1.97 bits per heavy atom. The van der Waals surface area contributed by atoms with Gasteiger partial charge in [0.05, 0.1) is 28.4 Å². The highest BCUT2D eigenvalue weighted by Crippen LogP contribution is 2.37. The van der Waals surface area contributed by atoms with Crippen molar-refractivity contribution in [2.45, 2.75) is 31.6 Å². The molecule has 9 heteroatoms. The number of piperazine rings is 1. The third-order valence-corrected chi connectivity index (χ3v) is 6.85. The van der Waals surface area contributed by atoms with Crippen molar-refractivity contribution < 1.29 is 19.7 Å². The Kier molecular flexibility index (Phi) is 8.34. The summed E-state index contributed by atoms with van der Waals surface area (Å²) in [5.41, 5.74) is 7.01. The molecule has 3 aromatic rings. The molecule has 1 saturated heterocycles. The van der Waals surface area contributed by atoms with Gasteiger partial charge >= 0.3 is 0 Å². The third-order valence-electron chi connectivity index (χ3n) is 6.54. The topological polar surface area (TPSA) is 112 Å². The van der Waals surface area contributed by atoms with Crippen molar-refractivity contribution in [1.29, 1.82) is 0 Å². The van der Waals surface area contributed by atoms with Gasteiger partial charge in [0.1, 0.15) is 18.0 Å². The maximum Gasteiger partial charge on any atom is 0.250 e. The van der Waals surface area contributed by atoms with E-state index in [1.807, 2.05) is 30.3 Å². The second-order valence-corrected chi connectivity index (χ2v) is 10.1. The van der Waals surface area contributed by atoms with Crippen molar-refractivity contribution in [2.24, 2.45) is 5.73 Å². The number of ether oxygens (including phenoxy) is 1. The van der Waals surface area contributed by atoms with Crippen molar-refractivity contribution in [3.05, 3.63) is 88.7 Å². The molecule has 4 rings (SSSR count). The standard InChI is InChI=1S/C28H33ClN4O4/c1-19(34)17-37-23-8-9-25(24(29)13-23)33-11-10-32(16-26(33)20-6-4-3-5-7-20)18-28(2,36)22-12-21(27(30)35)14-31-15-22/h3-9,12-15,19,26,34,36H,10-11,16-18H2,1-2H3,(H2,30,35)/t19-,26+,28-/m1/s1. The molecule has 1 amide bonds. The molecule has 0 unspecified atom stereocenters. The number of β-amino-alcohol motifs (C(OH)–C–C–N with tert-alkyl or cyclic N) is 1. The van der Waals surface area contributed by atoms with Crippen LogP contribution in [-0.2, 0) is 5.60 Å². The van der Waals surface area contributed by atoms with Crippen LogP contribution < -0.4 is 15.4 Å². The predicted octanol–water partition coefficient (Wildman–Crippen LogP) is 3.36. The van der Waals surface area contributed by atoms with Crippen molar-refractivity contribution in [3.63, 3.8) is 0 Å². The average Bonchev–Trinajstić information content (AvgIpc) is 2.88. The maximum atomic E-state index is 11.6. The number of nitrogens with two attached hydrogens (primary N) is 1. The van der Waals surface area contributed by atoms with E-state index < -0.39 is 17.6 Å². The molecule has 1 aliphatic rings. The number of hydrogen-bond acceptors (Lipinski definition) is 7. The number of carbonyl (C=O) groups excluding carboxylic acids is 1. The molecule has 1 aliphatic heterocycles. The summed E-state index contributed by atoms with van der Waals surface area (Å²) in [6.07, 6.45) is 2.40. The quantitative estimate of drug-likeness (QED) is 0.393. The number of aliphatic hydroxyl groups is 2. The molecule has 1 aromatic heterocycles. The number of aliphatic hydroxyl groups excluding tert-OH is 1. The van der Waals surface area contributed by atoms with Crippen molar-refractivity contribution in [1.82, 2.24) is 9.88 Å². The number of primary amides is 1. The fraction of sp³-hybridized carbons (Fsp3) is 0.357. The van der Waals surface area contributed by atoms with E-state index in [0.717, 1.165) is 11.3 Å². The minimum absolute atomic E-state index is 0.0115. The maximum absolute atomic E-state index is 11.6. The van der Waals surface area contributed by atoms with Gasteiger partial charge in [-0.2, -0.15) is 0 Å². The summed E-state index contributed by atoms with van der Waals surface area (Å²) in [6.45, 7) is 5.97. The number of aromatic nitrogens is 1. The molecule has 0 bridgehead atoms. The van der Waals surface area contributed by atoms with Crippen LogP contribution in [0.15, 0.2) is 67.0 Å². The van der Waals surface area contributed by atoms with Crippen LogP contribution in [0.3, 0.4) is 0 Å². The van der Waals surface area contributed by atoms with E-state index in [-0.39, 0.29) is 18.2 Å². The fourth-order valence-corrected chi connectivity index (χ4v) is 4.93. The van der Waals surface area contributed by atoms with Crippen LogP contribution >= 0.6 is 11.6 Å². The van der Waals surface area contributed by atoms with Gasteiger partial charge in [-0.25, -0.2) is 0 Å². The molecule has 8 nitrogen and oxygen atoms in total. The van der Waals surface area contributed by atoms with Gasteiger partial charge in [-0.3, -0.25) is 14.7 Å². The lowest BCUT2D eigenvalue weighted by Gasteiger charge is -2.45. The lowest BCUT2D eigenvalue weighted by atomic mass is 9.94. The van der Waals surface area contributed by atoms with Gasteiger partial charge in [0.15, 0.2) is 0 Å². The minimum Gasteiger partial charge on any atom is -0.491 e. The zero-order chi connectivity index (χ0) is 26.6. The van der Waals surface area contributed by atoms with Gasteiger partial charge in [0.2, 0.25) is 5.91 Å². The summed E-state index contributed by atoms with van der Waals surface area (Å²) < 4.78 is 5.62. The number of hydrogen-bond donors (Lipinski definition) is 3. The summed E-state index contributed by atoms with van der Waals surface area (Å²) in [5.74, 6) is 0.0227. The highest BCUT2D eigenvalue weighted by molar-refractivity contribution is 6.33. The Labute approximate surface area is 222 Å². The predicted molar refractivity (Wildman–Crippen MR) is 144 cm³/mol. The second kappa shape index (κ2) is 11.5. The molecule has 2 heterocycles. The van der Waals surface area contributed by atoms with E-state index in [4.69, 9.17) is 22.1 Å². The summed E-state index contributed by atoms with van der Waals surface area (Å²) in [6, 6.07) is 17.4. The van der Waals surface area contributed by atoms with Gasteiger partial charge in [0.25, 0.3) is 0 Å². The summed E-state index contributed by atoms with van der Waals surface area (Å²) in [4.78, 5) is 20.2. The monoisotopic (exact) mass is 524 g/mol. The summed E-state index contributed by atoms with van der Waals surface area (Å²) >= 11 is 6.71. The lowest BCUT2D eigenvalue weighted by Crippen LogP contribution is -2.52. The zero-order valence-electron chi connectivity index (χ0n) is 21.0. The van der Waals surface area contributed by atoms with E-state index in [1.54, 1.807) is 32.2 Å². The minimum atomic E-state index is -1.23. The van der Waals surface area contributed by atoms with Gasteiger partial charge in [-0.05, 0) is 37.6 Å². The number of nitrogens with zero attached hydrogens (tertiary/aromatic N) is 3. The first-order valence-corrected chi connectivity index (χ1v) is 12.6. The van der Waals surface area contributed by atoms with Crippen molar-refractivity contribution >= 4 is 23.2 Å². The number of halogens is 1. The molecule has 1 fully saturated rings. The van der Waals surface area contributed by atoms with Gasteiger partial charge in [-0.1, -0.05) is 41.9 Å². The van der Waals surface area contributed by atoms with Crippen molar-refractivity contribution in [3.8, 4) is 5.75 Å². The van der Waals surface area contributed by atoms with E-state index >= 15 is 0 Å². The van der Waals surface area contributed by atoms with Crippen LogP contribution in [0, 0.1) is 0 Å². The van der Waals surface area contributed by atoms with E-state index in [9.17, 15) is 15.0 Å². The number of anilines is 1. The van der Waals surface area contributed by atoms with Gasteiger partial charge < -0.3 is 25.6 Å². The zero-order valence-corrected chi connectivity index (χ0v) is 21.8. The van der Waals surface area contributed by atoms with Crippen LogP contribution in [-0.4, -0.2) is 64.9 Å². The fourth-order valence-electron chi connectivity index (χ4n) is 4.65. The van der Waals surface area contributed by atoms with E-state index in [1.165, 1.54) is 6.20 Å². The first kappa shape index (κ1) is 26.9. The van der Waals surface area contributed by atoms with Crippen LogP contribution in [0.5, 0.6) is 5.75 Å². The smallest absolute Gasteiger partial charge is 0.250 e. The first-order chi connectivity index (χ1) is 17.6. The molecule has 37 heavy (non-hydrogen) atoms. The Morgan fingerprint density at radius 1 is 1.22 bits per heavy atom. The Hall–Kier alpha value is -3.17. The van der Waals surface area contributed by atoms with Crippen LogP contribution in [0.1, 0.15) is 41.4 Å². The molecule has 2 aromatic carbocycles. The van der Waals surface area contributed by atoms with E-state index in [2.05, 4.69) is 26.9 Å². The first-order valence-electron chi connectivity index (χ1n) is 12.3. The number of benzene rings is 2. The molecule has 4 N–H and O–H groups in total. The average molecular weight is 525 g/mol. The molecule has 0 spiro atoms. The van der Waals surface area contributed by atoms with Crippen LogP contribution in [0.25, 0.3) is 0 Å². The number of carbonyl (C=O) groups is 1. The molecule has 0 aliphatic carbocycles. The van der Waals surface area contributed by atoms with Gasteiger partial charge in [-0.15, -0.1) is 0 Å². The third kappa shape index (κ3) is 6.59. The highest BCUT2D eigenvalue weighted by Gasteiger charge is 2.34. The van der Waals surface area contributed by atoms with Gasteiger partial charge in [0, 0.05) is 50.2 Å².